The van der Waals surface area contributed by atoms with Gasteiger partial charge in [0.2, 0.25) is 0 Å². The first kappa shape index (κ1) is 13.2. The van der Waals surface area contributed by atoms with Crippen molar-refractivity contribution in [3.8, 4) is 0 Å². The van der Waals surface area contributed by atoms with Crippen LogP contribution >= 0.6 is 11.3 Å². The third-order valence-corrected chi connectivity index (χ3v) is 3.72. The monoisotopic (exact) mass is 264 g/mol. The second-order valence-electron chi connectivity index (χ2n) is 4.20. The summed E-state index contributed by atoms with van der Waals surface area (Å²) >= 11 is 1.62. The molecule has 2 aromatic rings. The number of hydrogen-bond donors (Lipinski definition) is 1. The Kier molecular flexibility index (Phi) is 4.84. The number of benzene rings is 1. The molecule has 0 aliphatic carbocycles. The van der Waals surface area contributed by atoms with Crippen molar-refractivity contribution in [1.82, 2.24) is 10.3 Å². The van der Waals surface area contributed by atoms with Crippen LogP contribution in [-0.2, 0) is 6.42 Å². The van der Waals surface area contributed by atoms with Crippen molar-refractivity contribution in [2.75, 3.05) is 13.1 Å². The summed E-state index contributed by atoms with van der Waals surface area (Å²) in [7, 11) is 0. The summed E-state index contributed by atoms with van der Waals surface area (Å²) in [6.45, 7) is 3.74. The summed E-state index contributed by atoms with van der Waals surface area (Å²) in [4.78, 5) is 5.27. The molecule has 1 aromatic carbocycles. The maximum atomic E-state index is 13.9. The average Bonchev–Trinajstić information content (AvgIpc) is 2.88. The molecule has 0 saturated carbocycles. The largest absolute Gasteiger partial charge is 0.316 e. The maximum Gasteiger partial charge on any atom is 0.126 e. The lowest BCUT2D eigenvalue weighted by molar-refractivity contribution is 0.546. The number of thiazole rings is 1. The number of likely N-dealkylation sites (N-methyl/N-ethyl adjacent to an activating group) is 1. The van der Waals surface area contributed by atoms with Crippen molar-refractivity contribution in [1.29, 1.82) is 0 Å². The fraction of sp³-hybridized carbons (Fsp3) is 0.357. The van der Waals surface area contributed by atoms with Crippen LogP contribution in [0.1, 0.15) is 23.3 Å². The van der Waals surface area contributed by atoms with Gasteiger partial charge in [-0.15, -0.1) is 11.3 Å². The van der Waals surface area contributed by atoms with Crippen LogP contribution in [0.15, 0.2) is 36.0 Å². The van der Waals surface area contributed by atoms with Crippen LogP contribution in [0.2, 0.25) is 0 Å². The van der Waals surface area contributed by atoms with Gasteiger partial charge in [0.05, 0.1) is 5.51 Å². The third-order valence-electron chi connectivity index (χ3n) is 2.92. The summed E-state index contributed by atoms with van der Waals surface area (Å²) in [5.74, 6) is 0.0384. The predicted molar refractivity (Wildman–Crippen MR) is 73.5 cm³/mol. The minimum atomic E-state index is -0.120. The Morgan fingerprint density at radius 2 is 2.22 bits per heavy atom. The van der Waals surface area contributed by atoms with Crippen LogP contribution in [0.5, 0.6) is 0 Å². The van der Waals surface area contributed by atoms with E-state index in [0.29, 0.717) is 0 Å². The van der Waals surface area contributed by atoms with E-state index in [1.54, 1.807) is 17.4 Å². The molecule has 0 aliphatic heterocycles. The molecule has 1 heterocycles. The van der Waals surface area contributed by atoms with E-state index >= 15 is 0 Å². The molecule has 0 saturated heterocycles. The molecule has 0 radical (unpaired) electrons. The highest BCUT2D eigenvalue weighted by Crippen LogP contribution is 2.24. The molecule has 1 N–H and O–H groups in total. The van der Waals surface area contributed by atoms with Crippen molar-refractivity contribution in [3.63, 3.8) is 0 Å². The Balaban J connectivity index is 2.16. The van der Waals surface area contributed by atoms with Crippen molar-refractivity contribution in [2.45, 2.75) is 19.3 Å². The number of rotatable bonds is 6. The van der Waals surface area contributed by atoms with E-state index in [1.165, 1.54) is 10.9 Å². The molecule has 0 fully saturated rings. The molecular formula is C14H17FN2S. The lowest BCUT2D eigenvalue weighted by atomic mass is 9.94. The molecule has 0 aliphatic rings. The average molecular weight is 264 g/mol. The molecule has 1 atom stereocenters. The fourth-order valence-electron chi connectivity index (χ4n) is 2.00. The Morgan fingerprint density at radius 1 is 1.39 bits per heavy atom. The van der Waals surface area contributed by atoms with Gasteiger partial charge in [0.25, 0.3) is 0 Å². The zero-order chi connectivity index (χ0) is 12.8. The van der Waals surface area contributed by atoms with Crippen LogP contribution in [-0.4, -0.2) is 18.1 Å². The molecule has 4 heteroatoms. The number of hydrogen-bond acceptors (Lipinski definition) is 3. The topological polar surface area (TPSA) is 24.9 Å². The van der Waals surface area contributed by atoms with Gasteiger partial charge in [-0.3, -0.25) is 4.98 Å². The van der Waals surface area contributed by atoms with Gasteiger partial charge in [-0.05, 0) is 24.6 Å². The molecule has 2 nitrogen and oxygen atoms in total. The van der Waals surface area contributed by atoms with Crippen molar-refractivity contribution >= 4 is 11.3 Å². The van der Waals surface area contributed by atoms with Crippen molar-refractivity contribution in [2.24, 2.45) is 0 Å². The van der Waals surface area contributed by atoms with E-state index in [4.69, 9.17) is 0 Å². The molecule has 1 unspecified atom stereocenters. The molecule has 2 rings (SSSR count). The van der Waals surface area contributed by atoms with Gasteiger partial charge in [-0.25, -0.2) is 4.39 Å². The highest BCUT2D eigenvalue weighted by atomic mass is 32.1. The Bertz CT molecular complexity index is 470. The normalized spacial score (nSPS) is 12.6. The predicted octanol–water partition coefficient (Wildman–Crippen LogP) is 3.22. The van der Waals surface area contributed by atoms with E-state index in [1.807, 2.05) is 23.8 Å². The summed E-state index contributed by atoms with van der Waals surface area (Å²) in [5, 5.41) is 3.30. The number of nitrogens with one attached hydrogen (secondary N) is 1. The minimum Gasteiger partial charge on any atom is -0.316 e. The van der Waals surface area contributed by atoms with Crippen LogP contribution in [0, 0.1) is 5.82 Å². The SMILES string of the molecule is CCNCC(Cc1cncs1)c1ccccc1F. The summed E-state index contributed by atoms with van der Waals surface area (Å²) in [5.41, 5.74) is 2.60. The van der Waals surface area contributed by atoms with E-state index in [-0.39, 0.29) is 11.7 Å². The van der Waals surface area contributed by atoms with Crippen LogP contribution in [0.3, 0.4) is 0 Å². The Labute approximate surface area is 111 Å². The van der Waals surface area contributed by atoms with Gasteiger partial charge in [0, 0.05) is 23.5 Å². The minimum absolute atomic E-state index is 0.120. The smallest absolute Gasteiger partial charge is 0.126 e. The van der Waals surface area contributed by atoms with Gasteiger partial charge in [-0.1, -0.05) is 25.1 Å². The highest BCUT2D eigenvalue weighted by Gasteiger charge is 2.16. The number of halogens is 1. The summed E-state index contributed by atoms with van der Waals surface area (Å²) < 4.78 is 13.9. The van der Waals surface area contributed by atoms with Crippen LogP contribution in [0.25, 0.3) is 0 Å². The maximum absolute atomic E-state index is 13.9. The lowest BCUT2D eigenvalue weighted by Crippen LogP contribution is -2.23. The van der Waals surface area contributed by atoms with Crippen molar-refractivity contribution < 1.29 is 4.39 Å². The Morgan fingerprint density at radius 3 is 2.89 bits per heavy atom. The molecule has 0 spiro atoms. The summed E-state index contributed by atoms with van der Waals surface area (Å²) in [6, 6.07) is 7.03. The van der Waals surface area contributed by atoms with E-state index in [0.717, 1.165) is 25.1 Å². The van der Waals surface area contributed by atoms with Gasteiger partial charge in [0.1, 0.15) is 5.82 Å². The standard InChI is InChI=1S/C14H17FN2S/c1-2-16-8-11(7-12-9-17-10-18-12)13-5-3-4-6-14(13)15/h3-6,9-11,16H,2,7-8H2,1H3. The zero-order valence-corrected chi connectivity index (χ0v) is 11.2. The third kappa shape index (κ3) is 3.37. The second-order valence-corrected chi connectivity index (χ2v) is 5.17. The van der Waals surface area contributed by atoms with Crippen LogP contribution in [0.4, 0.5) is 4.39 Å². The van der Waals surface area contributed by atoms with Gasteiger partial charge < -0.3 is 5.32 Å². The van der Waals surface area contributed by atoms with Gasteiger partial charge >= 0.3 is 0 Å². The number of nitrogens with zero attached hydrogens (tertiary/aromatic N) is 1. The molecule has 1 aromatic heterocycles. The fourth-order valence-corrected chi connectivity index (χ4v) is 2.68. The molecular weight excluding hydrogens is 247 g/mol. The first-order valence-corrected chi connectivity index (χ1v) is 7.01. The van der Waals surface area contributed by atoms with Crippen LogP contribution < -0.4 is 5.32 Å². The molecule has 0 amide bonds. The highest BCUT2D eigenvalue weighted by molar-refractivity contribution is 7.09. The van der Waals surface area contributed by atoms with E-state index in [9.17, 15) is 4.39 Å². The lowest BCUT2D eigenvalue weighted by Gasteiger charge is -2.17. The van der Waals surface area contributed by atoms with E-state index in [2.05, 4.69) is 17.2 Å². The second kappa shape index (κ2) is 6.61. The number of aromatic nitrogens is 1. The van der Waals surface area contributed by atoms with Crippen molar-refractivity contribution in [3.05, 3.63) is 52.2 Å². The molecule has 18 heavy (non-hydrogen) atoms. The Hall–Kier alpha value is -1.26. The molecule has 96 valence electrons. The first-order valence-electron chi connectivity index (χ1n) is 6.13. The zero-order valence-electron chi connectivity index (χ0n) is 10.4. The summed E-state index contributed by atoms with van der Waals surface area (Å²) in [6.07, 6.45) is 2.70. The molecule has 0 bridgehead atoms. The van der Waals surface area contributed by atoms with E-state index < -0.39 is 0 Å². The van der Waals surface area contributed by atoms with Gasteiger partial charge in [-0.2, -0.15) is 0 Å². The van der Waals surface area contributed by atoms with Gasteiger partial charge in [0.15, 0.2) is 0 Å². The quantitative estimate of drug-likeness (QED) is 0.866. The first-order chi connectivity index (χ1) is 8.81.